The van der Waals surface area contributed by atoms with Gasteiger partial charge in [0.05, 0.1) is 11.6 Å². The third-order valence-electron chi connectivity index (χ3n) is 3.14. The van der Waals surface area contributed by atoms with E-state index in [2.05, 4.69) is 25.9 Å². The minimum Gasteiger partial charge on any atom is -0.346 e. The molecule has 0 saturated heterocycles. The van der Waals surface area contributed by atoms with Crippen LogP contribution in [0.1, 0.15) is 36.8 Å². The van der Waals surface area contributed by atoms with Gasteiger partial charge in [-0.05, 0) is 36.8 Å². The van der Waals surface area contributed by atoms with Crippen LogP contribution in [0.15, 0.2) is 30.3 Å². The highest BCUT2D eigenvalue weighted by Gasteiger charge is 2.30. The first kappa shape index (κ1) is 16.7. The summed E-state index contributed by atoms with van der Waals surface area (Å²) in [6.07, 6.45) is -3.08. The SMILES string of the molecule is C/C(=C\C(=O)N[C@@H](C)c1ccc(C(F)(F)F)cc1)c1nn[nH]n1. The standard InChI is InChI=1S/C14H14F3N5O/c1-8(13-19-21-22-20-13)7-12(23)18-9(2)10-3-5-11(6-4-10)14(15,16)17/h3-7,9H,1-2H3,(H,18,23)(H,19,20,21,22)/b8-7+/t9-/m0/s1. The zero-order chi connectivity index (χ0) is 17.0. The summed E-state index contributed by atoms with van der Waals surface area (Å²) in [4.78, 5) is 11.9. The number of aromatic nitrogens is 4. The Morgan fingerprint density at radius 3 is 2.48 bits per heavy atom. The summed E-state index contributed by atoms with van der Waals surface area (Å²) in [5.41, 5.74) is 0.348. The molecule has 6 nitrogen and oxygen atoms in total. The molecule has 2 aromatic rings. The second kappa shape index (κ2) is 6.59. The third-order valence-corrected chi connectivity index (χ3v) is 3.14. The predicted molar refractivity (Wildman–Crippen MR) is 75.8 cm³/mol. The highest BCUT2D eigenvalue weighted by Crippen LogP contribution is 2.29. The molecule has 2 N–H and O–H groups in total. The van der Waals surface area contributed by atoms with Crippen LogP contribution in [0.2, 0.25) is 0 Å². The summed E-state index contributed by atoms with van der Waals surface area (Å²) in [6.45, 7) is 3.32. The normalized spacial score (nSPS) is 13.7. The van der Waals surface area contributed by atoms with Crippen molar-refractivity contribution in [1.82, 2.24) is 25.9 Å². The lowest BCUT2D eigenvalue weighted by Crippen LogP contribution is -2.25. The van der Waals surface area contributed by atoms with Gasteiger partial charge in [-0.15, -0.1) is 10.2 Å². The number of halogens is 3. The average molecular weight is 325 g/mol. The molecule has 0 aliphatic carbocycles. The first-order valence-corrected chi connectivity index (χ1v) is 6.67. The van der Waals surface area contributed by atoms with Crippen molar-refractivity contribution in [2.45, 2.75) is 26.1 Å². The van der Waals surface area contributed by atoms with Gasteiger partial charge in [-0.3, -0.25) is 4.79 Å². The Balaban J connectivity index is 2.02. The quantitative estimate of drug-likeness (QED) is 0.846. The van der Waals surface area contributed by atoms with E-state index in [1.807, 2.05) is 0 Å². The van der Waals surface area contributed by atoms with Crippen LogP contribution < -0.4 is 5.32 Å². The highest BCUT2D eigenvalue weighted by atomic mass is 19.4. The van der Waals surface area contributed by atoms with Crippen LogP contribution in [0, 0.1) is 0 Å². The molecule has 1 amide bonds. The van der Waals surface area contributed by atoms with Gasteiger partial charge in [-0.1, -0.05) is 12.1 Å². The van der Waals surface area contributed by atoms with Crippen molar-refractivity contribution >= 4 is 11.5 Å². The van der Waals surface area contributed by atoms with Crippen LogP contribution in [0.3, 0.4) is 0 Å². The Bertz CT molecular complexity index is 692. The van der Waals surface area contributed by atoms with Crippen molar-refractivity contribution in [3.63, 3.8) is 0 Å². The number of tetrazole rings is 1. The van der Waals surface area contributed by atoms with Gasteiger partial charge in [0.25, 0.3) is 0 Å². The van der Waals surface area contributed by atoms with Crippen LogP contribution in [-0.2, 0) is 11.0 Å². The van der Waals surface area contributed by atoms with E-state index >= 15 is 0 Å². The summed E-state index contributed by atoms with van der Waals surface area (Å²) in [6, 6.07) is 4.20. The predicted octanol–water partition coefficient (Wildman–Crippen LogP) is 2.50. The van der Waals surface area contributed by atoms with Crippen molar-refractivity contribution in [3.8, 4) is 0 Å². The maximum Gasteiger partial charge on any atom is 0.416 e. The number of amides is 1. The molecule has 23 heavy (non-hydrogen) atoms. The zero-order valence-electron chi connectivity index (χ0n) is 12.3. The van der Waals surface area contributed by atoms with Crippen LogP contribution in [-0.4, -0.2) is 26.5 Å². The van der Waals surface area contributed by atoms with E-state index in [0.717, 1.165) is 12.1 Å². The number of hydrogen-bond acceptors (Lipinski definition) is 4. The molecule has 0 fully saturated rings. The molecule has 0 saturated carbocycles. The molecular weight excluding hydrogens is 311 g/mol. The fourth-order valence-electron chi connectivity index (χ4n) is 1.89. The molecule has 0 aliphatic heterocycles. The lowest BCUT2D eigenvalue weighted by molar-refractivity contribution is -0.137. The van der Waals surface area contributed by atoms with Crippen LogP contribution >= 0.6 is 0 Å². The molecule has 0 radical (unpaired) electrons. The number of nitrogens with one attached hydrogen (secondary N) is 2. The van der Waals surface area contributed by atoms with E-state index in [0.29, 0.717) is 17.0 Å². The monoisotopic (exact) mass is 325 g/mol. The van der Waals surface area contributed by atoms with Crippen molar-refractivity contribution in [2.24, 2.45) is 0 Å². The highest BCUT2D eigenvalue weighted by molar-refractivity contribution is 5.94. The van der Waals surface area contributed by atoms with Gasteiger partial charge in [0, 0.05) is 11.6 Å². The minimum absolute atomic E-state index is 0.294. The number of carbonyl (C=O) groups excluding carboxylic acids is 1. The zero-order valence-corrected chi connectivity index (χ0v) is 12.3. The number of benzene rings is 1. The molecule has 0 spiro atoms. The summed E-state index contributed by atoms with van der Waals surface area (Å²) >= 11 is 0. The fourth-order valence-corrected chi connectivity index (χ4v) is 1.89. The van der Waals surface area contributed by atoms with Crippen molar-refractivity contribution < 1.29 is 18.0 Å². The maximum atomic E-state index is 12.5. The second-order valence-electron chi connectivity index (χ2n) is 4.91. The largest absolute Gasteiger partial charge is 0.416 e. The molecule has 9 heteroatoms. The van der Waals surface area contributed by atoms with E-state index < -0.39 is 23.7 Å². The fraction of sp³-hybridized carbons (Fsp3) is 0.286. The van der Waals surface area contributed by atoms with Gasteiger partial charge in [0.1, 0.15) is 0 Å². The topological polar surface area (TPSA) is 83.6 Å². The molecule has 1 atom stereocenters. The number of carbonyl (C=O) groups is 1. The van der Waals surface area contributed by atoms with E-state index in [-0.39, 0.29) is 0 Å². The Morgan fingerprint density at radius 2 is 1.96 bits per heavy atom. The van der Waals surface area contributed by atoms with Gasteiger partial charge < -0.3 is 5.32 Å². The number of alkyl halides is 3. The molecule has 122 valence electrons. The van der Waals surface area contributed by atoms with E-state index in [9.17, 15) is 18.0 Å². The molecule has 0 aliphatic rings. The second-order valence-corrected chi connectivity index (χ2v) is 4.91. The Kier molecular flexibility index (Phi) is 4.77. The third kappa shape index (κ3) is 4.38. The molecule has 1 heterocycles. The first-order valence-electron chi connectivity index (χ1n) is 6.67. The van der Waals surface area contributed by atoms with Crippen LogP contribution in [0.25, 0.3) is 5.57 Å². The molecule has 2 rings (SSSR count). The number of rotatable bonds is 4. The number of aromatic amines is 1. The van der Waals surface area contributed by atoms with Gasteiger partial charge in [-0.25, -0.2) is 0 Å². The minimum atomic E-state index is -4.38. The van der Waals surface area contributed by atoms with Gasteiger partial charge in [-0.2, -0.15) is 18.4 Å². The number of H-pyrrole nitrogens is 1. The molecule has 1 aromatic heterocycles. The van der Waals surface area contributed by atoms with E-state index in [4.69, 9.17) is 0 Å². The maximum absolute atomic E-state index is 12.5. The van der Waals surface area contributed by atoms with Gasteiger partial charge in [0.2, 0.25) is 11.7 Å². The lowest BCUT2D eigenvalue weighted by atomic mass is 10.1. The summed E-state index contributed by atoms with van der Waals surface area (Å²) in [5.74, 6) is -0.109. The van der Waals surface area contributed by atoms with Crippen LogP contribution in [0.4, 0.5) is 13.2 Å². The molecular formula is C14H14F3N5O. The lowest BCUT2D eigenvalue weighted by Gasteiger charge is -2.14. The number of allylic oxidation sites excluding steroid dienone is 1. The Morgan fingerprint density at radius 1 is 1.30 bits per heavy atom. The first-order chi connectivity index (χ1) is 10.8. The summed E-state index contributed by atoms with van der Waals surface area (Å²) < 4.78 is 37.5. The van der Waals surface area contributed by atoms with Crippen LogP contribution in [0.5, 0.6) is 0 Å². The van der Waals surface area contributed by atoms with E-state index in [1.54, 1.807) is 13.8 Å². The number of hydrogen-bond donors (Lipinski definition) is 2. The molecule has 1 aromatic carbocycles. The van der Waals surface area contributed by atoms with E-state index in [1.165, 1.54) is 18.2 Å². The molecule has 0 bridgehead atoms. The Hall–Kier alpha value is -2.71. The van der Waals surface area contributed by atoms with Crippen molar-refractivity contribution in [2.75, 3.05) is 0 Å². The summed E-state index contributed by atoms with van der Waals surface area (Å²) in [7, 11) is 0. The Labute approximate surface area is 129 Å². The molecule has 0 unspecified atom stereocenters. The number of nitrogens with zero attached hydrogens (tertiary/aromatic N) is 3. The van der Waals surface area contributed by atoms with Crippen molar-refractivity contribution in [1.29, 1.82) is 0 Å². The smallest absolute Gasteiger partial charge is 0.346 e. The average Bonchev–Trinajstić information content (AvgIpc) is 3.00. The summed E-state index contributed by atoms with van der Waals surface area (Å²) in [5, 5.41) is 15.8. The van der Waals surface area contributed by atoms with Crippen molar-refractivity contribution in [3.05, 3.63) is 47.3 Å². The van der Waals surface area contributed by atoms with Gasteiger partial charge >= 0.3 is 6.18 Å². The van der Waals surface area contributed by atoms with Gasteiger partial charge in [0.15, 0.2) is 0 Å².